The van der Waals surface area contributed by atoms with Crippen LogP contribution in [0, 0.1) is 0 Å². The molecule has 2 aromatic rings. The Bertz CT molecular complexity index is 843. The van der Waals surface area contributed by atoms with Crippen molar-refractivity contribution < 1.29 is 23.9 Å². The Labute approximate surface area is 164 Å². The van der Waals surface area contributed by atoms with Crippen molar-refractivity contribution in [2.75, 3.05) is 20.2 Å². The third kappa shape index (κ3) is 4.39. The number of carbonyl (C=O) groups excluding carboxylic acids is 3. The molecule has 1 fully saturated rings. The molecule has 1 aliphatic rings. The number of carbonyl (C=O) groups is 3. The number of methoxy groups -OCH3 is 1. The molecule has 0 saturated carbocycles. The first-order valence-electron chi connectivity index (χ1n) is 9.34. The Balaban J connectivity index is 1.89. The molecule has 1 aliphatic heterocycles. The fourth-order valence-electron chi connectivity index (χ4n) is 3.29. The van der Waals surface area contributed by atoms with E-state index in [4.69, 9.17) is 9.47 Å². The molecule has 1 amide bonds. The molecular weight excluding hydrogens is 358 g/mol. The van der Waals surface area contributed by atoms with Gasteiger partial charge in [0, 0.05) is 18.7 Å². The lowest BCUT2D eigenvalue weighted by Crippen LogP contribution is -2.40. The van der Waals surface area contributed by atoms with Crippen LogP contribution in [0.3, 0.4) is 0 Å². The third-order valence-electron chi connectivity index (χ3n) is 4.77. The van der Waals surface area contributed by atoms with Crippen molar-refractivity contribution in [3.63, 3.8) is 0 Å². The van der Waals surface area contributed by atoms with Gasteiger partial charge in [0.05, 0.1) is 18.2 Å². The smallest absolute Gasteiger partial charge is 0.340 e. The van der Waals surface area contributed by atoms with E-state index in [2.05, 4.69) is 0 Å². The number of benzene rings is 2. The molecule has 6 nitrogen and oxygen atoms in total. The normalized spacial score (nSPS) is 14.8. The highest BCUT2D eigenvalue weighted by molar-refractivity contribution is 6.03. The predicted octanol–water partition coefficient (Wildman–Crippen LogP) is 3.38. The van der Waals surface area contributed by atoms with Crippen molar-refractivity contribution in [2.45, 2.75) is 25.4 Å². The van der Waals surface area contributed by atoms with Crippen LogP contribution in [-0.4, -0.2) is 42.9 Å². The summed E-state index contributed by atoms with van der Waals surface area (Å²) < 4.78 is 10.4. The standard InChI is InChI=1S/C22H23NO5/c1-27-21(25)17-12-6-7-13-18(17)22(26)28-19(16-10-4-2-5-11-16)20(24)23-14-8-3-9-15-23/h2,4-7,10-13,19H,3,8-9,14-15H2,1H3. The maximum absolute atomic E-state index is 13.1. The van der Waals surface area contributed by atoms with Crippen molar-refractivity contribution in [1.82, 2.24) is 4.90 Å². The van der Waals surface area contributed by atoms with Crippen molar-refractivity contribution >= 4 is 17.8 Å². The molecule has 1 saturated heterocycles. The van der Waals surface area contributed by atoms with E-state index in [1.54, 1.807) is 41.3 Å². The summed E-state index contributed by atoms with van der Waals surface area (Å²) in [6, 6.07) is 15.2. The average molecular weight is 381 g/mol. The van der Waals surface area contributed by atoms with E-state index in [1.807, 2.05) is 6.07 Å². The quantitative estimate of drug-likeness (QED) is 0.743. The third-order valence-corrected chi connectivity index (χ3v) is 4.77. The average Bonchev–Trinajstić information content (AvgIpc) is 2.77. The van der Waals surface area contributed by atoms with Crippen LogP contribution in [0.1, 0.15) is 51.6 Å². The maximum atomic E-state index is 13.1. The molecule has 0 N–H and O–H groups in total. The first-order chi connectivity index (χ1) is 13.6. The summed E-state index contributed by atoms with van der Waals surface area (Å²) in [4.78, 5) is 39.7. The van der Waals surface area contributed by atoms with E-state index < -0.39 is 18.0 Å². The van der Waals surface area contributed by atoms with Gasteiger partial charge in [-0.05, 0) is 31.4 Å². The monoisotopic (exact) mass is 381 g/mol. The van der Waals surface area contributed by atoms with E-state index in [0.29, 0.717) is 18.7 Å². The van der Waals surface area contributed by atoms with Crippen molar-refractivity contribution in [2.24, 2.45) is 0 Å². The number of piperidine rings is 1. The van der Waals surface area contributed by atoms with Crippen LogP contribution in [0.5, 0.6) is 0 Å². The summed E-state index contributed by atoms with van der Waals surface area (Å²) in [5.74, 6) is -1.61. The first-order valence-corrected chi connectivity index (χ1v) is 9.34. The van der Waals surface area contributed by atoms with Crippen LogP contribution in [0.4, 0.5) is 0 Å². The van der Waals surface area contributed by atoms with Gasteiger partial charge in [0.15, 0.2) is 0 Å². The molecule has 6 heteroatoms. The maximum Gasteiger partial charge on any atom is 0.340 e. The molecule has 0 aliphatic carbocycles. The lowest BCUT2D eigenvalue weighted by molar-refractivity contribution is -0.142. The molecule has 1 heterocycles. The van der Waals surface area contributed by atoms with Crippen LogP contribution in [0.25, 0.3) is 0 Å². The van der Waals surface area contributed by atoms with Gasteiger partial charge in [0.2, 0.25) is 6.10 Å². The lowest BCUT2D eigenvalue weighted by Gasteiger charge is -2.30. The summed E-state index contributed by atoms with van der Waals surface area (Å²) in [5, 5.41) is 0. The van der Waals surface area contributed by atoms with Gasteiger partial charge in [-0.15, -0.1) is 0 Å². The minimum Gasteiger partial charge on any atom is -0.465 e. The molecule has 2 aromatic carbocycles. The van der Waals surface area contributed by atoms with Gasteiger partial charge in [0.25, 0.3) is 5.91 Å². The number of hydrogen-bond acceptors (Lipinski definition) is 5. The van der Waals surface area contributed by atoms with Crippen LogP contribution in [0.2, 0.25) is 0 Å². The Morgan fingerprint density at radius 3 is 2.00 bits per heavy atom. The van der Waals surface area contributed by atoms with E-state index in [1.165, 1.54) is 19.2 Å². The minimum atomic E-state index is -1.06. The second kappa shape index (κ2) is 9.17. The van der Waals surface area contributed by atoms with Gasteiger partial charge < -0.3 is 14.4 Å². The van der Waals surface area contributed by atoms with Crippen molar-refractivity contribution in [1.29, 1.82) is 0 Å². The summed E-state index contributed by atoms with van der Waals surface area (Å²) in [6.07, 6.45) is 1.91. The fourth-order valence-corrected chi connectivity index (χ4v) is 3.29. The van der Waals surface area contributed by atoms with Crippen LogP contribution in [-0.2, 0) is 14.3 Å². The van der Waals surface area contributed by atoms with Gasteiger partial charge >= 0.3 is 11.9 Å². The van der Waals surface area contributed by atoms with Gasteiger partial charge in [-0.1, -0.05) is 42.5 Å². The number of ether oxygens (including phenoxy) is 2. The van der Waals surface area contributed by atoms with Gasteiger partial charge in [-0.25, -0.2) is 9.59 Å². The van der Waals surface area contributed by atoms with E-state index in [-0.39, 0.29) is 17.0 Å². The molecule has 0 aromatic heterocycles. The number of likely N-dealkylation sites (tertiary alicyclic amines) is 1. The summed E-state index contributed by atoms with van der Waals surface area (Å²) >= 11 is 0. The SMILES string of the molecule is COC(=O)c1ccccc1C(=O)OC(C(=O)N1CCCCC1)c1ccccc1. The Morgan fingerprint density at radius 2 is 1.39 bits per heavy atom. The van der Waals surface area contributed by atoms with Gasteiger partial charge in [-0.2, -0.15) is 0 Å². The highest BCUT2D eigenvalue weighted by Crippen LogP contribution is 2.25. The number of rotatable bonds is 5. The Morgan fingerprint density at radius 1 is 0.821 bits per heavy atom. The van der Waals surface area contributed by atoms with Crippen LogP contribution < -0.4 is 0 Å². The molecule has 3 rings (SSSR count). The Kier molecular flexibility index (Phi) is 6.42. The van der Waals surface area contributed by atoms with E-state index >= 15 is 0 Å². The number of hydrogen-bond donors (Lipinski definition) is 0. The van der Waals surface area contributed by atoms with E-state index in [9.17, 15) is 14.4 Å². The highest BCUT2D eigenvalue weighted by Gasteiger charge is 2.31. The summed E-state index contributed by atoms with van der Waals surface area (Å²) in [7, 11) is 1.25. The fraction of sp³-hybridized carbons (Fsp3) is 0.318. The molecule has 28 heavy (non-hydrogen) atoms. The lowest BCUT2D eigenvalue weighted by atomic mass is 10.0. The molecule has 1 atom stereocenters. The number of amides is 1. The second-order valence-corrected chi connectivity index (χ2v) is 6.62. The zero-order valence-corrected chi connectivity index (χ0v) is 15.8. The van der Waals surface area contributed by atoms with Gasteiger partial charge in [-0.3, -0.25) is 4.79 Å². The highest BCUT2D eigenvalue weighted by atomic mass is 16.5. The number of esters is 2. The Hall–Kier alpha value is -3.15. The van der Waals surface area contributed by atoms with Crippen LogP contribution in [0.15, 0.2) is 54.6 Å². The summed E-state index contributed by atoms with van der Waals surface area (Å²) in [5.41, 5.74) is 0.774. The zero-order valence-electron chi connectivity index (χ0n) is 15.8. The topological polar surface area (TPSA) is 72.9 Å². The predicted molar refractivity (Wildman–Crippen MR) is 103 cm³/mol. The molecule has 0 spiro atoms. The largest absolute Gasteiger partial charge is 0.465 e. The molecule has 0 radical (unpaired) electrons. The number of nitrogens with zero attached hydrogens (tertiary/aromatic N) is 1. The molecular formula is C22H23NO5. The van der Waals surface area contributed by atoms with Crippen LogP contribution >= 0.6 is 0 Å². The van der Waals surface area contributed by atoms with E-state index in [0.717, 1.165) is 19.3 Å². The van der Waals surface area contributed by atoms with Gasteiger partial charge in [0.1, 0.15) is 0 Å². The summed E-state index contributed by atoms with van der Waals surface area (Å²) in [6.45, 7) is 1.30. The minimum absolute atomic E-state index is 0.0710. The molecule has 146 valence electrons. The van der Waals surface area contributed by atoms with Crippen molar-refractivity contribution in [3.05, 3.63) is 71.3 Å². The molecule has 0 bridgehead atoms. The second-order valence-electron chi connectivity index (χ2n) is 6.62. The van der Waals surface area contributed by atoms with Crippen molar-refractivity contribution in [3.8, 4) is 0 Å². The first kappa shape index (κ1) is 19.6. The zero-order chi connectivity index (χ0) is 19.9. The molecule has 1 unspecified atom stereocenters.